The summed E-state index contributed by atoms with van der Waals surface area (Å²) in [6.07, 6.45) is 0.921. The number of thiophene rings is 1. The number of hydrogen-bond donors (Lipinski definition) is 1. The fourth-order valence-corrected chi connectivity index (χ4v) is 3.54. The lowest BCUT2D eigenvalue weighted by atomic mass is 10.1. The molecule has 0 radical (unpaired) electrons. The van der Waals surface area contributed by atoms with Gasteiger partial charge in [0.2, 0.25) is 0 Å². The highest BCUT2D eigenvalue weighted by atomic mass is 127. The van der Waals surface area contributed by atoms with Crippen molar-refractivity contribution in [1.82, 2.24) is 4.90 Å². The van der Waals surface area contributed by atoms with Crippen LogP contribution in [0.1, 0.15) is 16.1 Å². The number of hydrogen-bond acceptors (Lipinski definition) is 3. The minimum absolute atomic E-state index is 0.116. The molecule has 1 N–H and O–H groups in total. The van der Waals surface area contributed by atoms with Gasteiger partial charge in [-0.05, 0) is 40.5 Å². The van der Waals surface area contributed by atoms with Gasteiger partial charge in [0.25, 0.3) is 5.91 Å². The van der Waals surface area contributed by atoms with Crippen molar-refractivity contribution in [1.29, 1.82) is 0 Å². The van der Waals surface area contributed by atoms with Gasteiger partial charge in [-0.3, -0.25) is 4.79 Å². The minimum atomic E-state index is 0.116. The van der Waals surface area contributed by atoms with E-state index < -0.39 is 0 Å². The van der Waals surface area contributed by atoms with Gasteiger partial charge in [-0.2, -0.15) is 0 Å². The Bertz CT molecular complexity index is 366. The Morgan fingerprint density at radius 3 is 3.07 bits per heavy atom. The number of aliphatic hydroxyl groups is 1. The second kappa shape index (κ2) is 4.80. The Labute approximate surface area is 106 Å². The maximum Gasteiger partial charge on any atom is 0.265 e. The average molecular weight is 337 g/mol. The predicted molar refractivity (Wildman–Crippen MR) is 68.1 cm³/mol. The molecule has 2 rings (SSSR count). The third kappa shape index (κ3) is 2.34. The maximum atomic E-state index is 12.0. The van der Waals surface area contributed by atoms with Gasteiger partial charge in [-0.15, -0.1) is 11.3 Å². The molecule has 1 aliphatic heterocycles. The molecule has 0 aliphatic carbocycles. The van der Waals surface area contributed by atoms with Crippen LogP contribution in [0.15, 0.2) is 11.4 Å². The molecule has 2 heterocycles. The van der Waals surface area contributed by atoms with Crippen molar-refractivity contribution in [3.63, 3.8) is 0 Å². The second-order valence-electron chi connectivity index (χ2n) is 3.69. The van der Waals surface area contributed by atoms with E-state index in [0.717, 1.165) is 21.4 Å². The molecular formula is C10H12INO2S. The zero-order valence-corrected chi connectivity index (χ0v) is 11.1. The first-order chi connectivity index (χ1) is 7.22. The van der Waals surface area contributed by atoms with Crippen LogP contribution in [0.3, 0.4) is 0 Å². The maximum absolute atomic E-state index is 12.0. The summed E-state index contributed by atoms with van der Waals surface area (Å²) in [4.78, 5) is 14.7. The van der Waals surface area contributed by atoms with Crippen molar-refractivity contribution < 1.29 is 9.90 Å². The molecule has 0 saturated carbocycles. The van der Waals surface area contributed by atoms with E-state index in [4.69, 9.17) is 5.11 Å². The van der Waals surface area contributed by atoms with Gasteiger partial charge < -0.3 is 10.0 Å². The Morgan fingerprint density at radius 1 is 1.73 bits per heavy atom. The van der Waals surface area contributed by atoms with E-state index >= 15 is 0 Å². The molecule has 0 spiro atoms. The molecule has 1 amide bonds. The van der Waals surface area contributed by atoms with Crippen LogP contribution in [-0.4, -0.2) is 35.6 Å². The number of carbonyl (C=O) groups excluding carboxylic acids is 1. The summed E-state index contributed by atoms with van der Waals surface area (Å²) in [5.74, 6) is 0.386. The molecule has 5 heteroatoms. The minimum Gasteiger partial charge on any atom is -0.396 e. The van der Waals surface area contributed by atoms with Gasteiger partial charge in [-0.1, -0.05) is 0 Å². The molecule has 3 nitrogen and oxygen atoms in total. The van der Waals surface area contributed by atoms with Crippen LogP contribution in [0.25, 0.3) is 0 Å². The van der Waals surface area contributed by atoms with E-state index in [2.05, 4.69) is 22.6 Å². The first-order valence-electron chi connectivity index (χ1n) is 4.85. The van der Waals surface area contributed by atoms with Crippen LogP contribution in [-0.2, 0) is 0 Å². The third-order valence-electron chi connectivity index (χ3n) is 2.64. The summed E-state index contributed by atoms with van der Waals surface area (Å²) < 4.78 is 1.02. The van der Waals surface area contributed by atoms with E-state index in [9.17, 15) is 4.79 Å². The van der Waals surface area contributed by atoms with Crippen molar-refractivity contribution >= 4 is 39.8 Å². The molecule has 1 aliphatic rings. The van der Waals surface area contributed by atoms with Gasteiger partial charge >= 0.3 is 0 Å². The summed E-state index contributed by atoms with van der Waals surface area (Å²) >= 11 is 3.68. The van der Waals surface area contributed by atoms with Gasteiger partial charge in [-0.25, -0.2) is 0 Å². The topological polar surface area (TPSA) is 40.5 Å². The fourth-order valence-electron chi connectivity index (χ4n) is 1.76. The fraction of sp³-hybridized carbons (Fsp3) is 0.500. The lowest BCUT2D eigenvalue weighted by Gasteiger charge is -2.15. The van der Waals surface area contributed by atoms with Crippen LogP contribution >= 0.6 is 33.9 Å². The Balaban J connectivity index is 2.07. The van der Waals surface area contributed by atoms with Crippen LogP contribution in [0, 0.1) is 9.49 Å². The summed E-state index contributed by atoms with van der Waals surface area (Å²) in [6.45, 7) is 1.66. The lowest BCUT2D eigenvalue weighted by Crippen LogP contribution is -2.28. The predicted octanol–water partition coefficient (Wildman–Crippen LogP) is 1.81. The molecule has 15 heavy (non-hydrogen) atoms. The summed E-state index contributed by atoms with van der Waals surface area (Å²) in [7, 11) is 0. The lowest BCUT2D eigenvalue weighted by molar-refractivity contribution is 0.0785. The number of aliphatic hydroxyl groups excluding tert-OH is 1. The average Bonchev–Trinajstić information content (AvgIpc) is 2.84. The zero-order chi connectivity index (χ0) is 10.8. The van der Waals surface area contributed by atoms with Crippen LogP contribution in [0.5, 0.6) is 0 Å². The number of likely N-dealkylation sites (tertiary alicyclic amines) is 1. The highest BCUT2D eigenvalue weighted by Gasteiger charge is 2.27. The first kappa shape index (κ1) is 11.3. The standard InChI is InChI=1S/C10H12INO2S/c11-8-2-4-15-9(8)10(14)12-3-1-7(5-12)6-13/h2,4,7,13H,1,3,5-6H2. The van der Waals surface area contributed by atoms with Crippen LogP contribution < -0.4 is 0 Å². The molecule has 1 saturated heterocycles. The largest absolute Gasteiger partial charge is 0.396 e. The van der Waals surface area contributed by atoms with Crippen molar-refractivity contribution in [2.24, 2.45) is 5.92 Å². The smallest absolute Gasteiger partial charge is 0.265 e. The Kier molecular flexibility index (Phi) is 3.63. The van der Waals surface area contributed by atoms with Crippen molar-refractivity contribution in [3.05, 3.63) is 19.9 Å². The molecule has 1 unspecified atom stereocenters. The highest BCUT2D eigenvalue weighted by molar-refractivity contribution is 14.1. The number of rotatable bonds is 2. The van der Waals surface area contributed by atoms with E-state index in [-0.39, 0.29) is 18.4 Å². The molecule has 1 aromatic heterocycles. The molecule has 1 atom stereocenters. The molecule has 0 bridgehead atoms. The normalized spacial score (nSPS) is 20.9. The molecule has 0 aromatic carbocycles. The van der Waals surface area contributed by atoms with Gasteiger partial charge in [0.1, 0.15) is 4.88 Å². The quantitative estimate of drug-likeness (QED) is 0.837. The number of carbonyl (C=O) groups is 1. The van der Waals surface area contributed by atoms with Gasteiger partial charge in [0, 0.05) is 29.2 Å². The van der Waals surface area contributed by atoms with E-state index in [1.807, 2.05) is 16.3 Å². The van der Waals surface area contributed by atoms with Crippen LogP contribution in [0.2, 0.25) is 0 Å². The summed E-state index contributed by atoms with van der Waals surface area (Å²) in [5.41, 5.74) is 0. The van der Waals surface area contributed by atoms with Crippen molar-refractivity contribution in [2.75, 3.05) is 19.7 Å². The van der Waals surface area contributed by atoms with Crippen molar-refractivity contribution in [2.45, 2.75) is 6.42 Å². The van der Waals surface area contributed by atoms with E-state index in [1.54, 1.807) is 0 Å². The van der Waals surface area contributed by atoms with Gasteiger partial charge in [0.15, 0.2) is 0 Å². The number of amides is 1. The van der Waals surface area contributed by atoms with Crippen LogP contribution in [0.4, 0.5) is 0 Å². The second-order valence-corrected chi connectivity index (χ2v) is 5.76. The summed E-state index contributed by atoms with van der Waals surface area (Å²) in [5, 5.41) is 11.0. The molecule has 1 aromatic rings. The SMILES string of the molecule is O=C(c1sccc1I)N1CCC(CO)C1. The van der Waals surface area contributed by atoms with Crippen molar-refractivity contribution in [3.8, 4) is 0 Å². The third-order valence-corrected chi connectivity index (χ3v) is 4.81. The number of nitrogens with zero attached hydrogens (tertiary/aromatic N) is 1. The molecule has 82 valence electrons. The first-order valence-corrected chi connectivity index (χ1v) is 6.81. The molecule has 1 fully saturated rings. The number of halogens is 1. The highest BCUT2D eigenvalue weighted by Crippen LogP contribution is 2.24. The Morgan fingerprint density at radius 2 is 2.53 bits per heavy atom. The Hall–Kier alpha value is -0.140. The van der Waals surface area contributed by atoms with Gasteiger partial charge in [0.05, 0.1) is 0 Å². The van der Waals surface area contributed by atoms with E-state index in [1.165, 1.54) is 11.3 Å². The zero-order valence-electron chi connectivity index (χ0n) is 8.15. The summed E-state index contributed by atoms with van der Waals surface area (Å²) in [6, 6.07) is 1.96. The molecular weight excluding hydrogens is 325 g/mol. The monoisotopic (exact) mass is 337 g/mol. The van der Waals surface area contributed by atoms with E-state index in [0.29, 0.717) is 6.54 Å².